The zero-order chi connectivity index (χ0) is 22.5. The van der Waals surface area contributed by atoms with E-state index in [0.29, 0.717) is 40.4 Å². The highest BCUT2D eigenvalue weighted by molar-refractivity contribution is 9.10. The minimum atomic E-state index is -1.03. The quantitative estimate of drug-likeness (QED) is 0.522. The number of carboxylic acid groups (broad SMARTS) is 1. The molecule has 0 aliphatic carbocycles. The number of carbonyl (C=O) groups is 2. The highest BCUT2D eigenvalue weighted by atomic mass is 79.9. The van der Waals surface area contributed by atoms with Gasteiger partial charge in [-0.25, -0.2) is 9.79 Å². The predicted octanol–water partition coefficient (Wildman–Crippen LogP) is 5.18. The molecule has 7 nitrogen and oxygen atoms in total. The monoisotopic (exact) mass is 504 g/mol. The van der Waals surface area contributed by atoms with Crippen molar-refractivity contribution in [3.8, 4) is 11.5 Å². The summed E-state index contributed by atoms with van der Waals surface area (Å²) in [5.74, 6) is -0.0247. The van der Waals surface area contributed by atoms with Crippen LogP contribution in [-0.2, 0) is 4.79 Å². The summed E-state index contributed by atoms with van der Waals surface area (Å²) in [5, 5.41) is 9.68. The van der Waals surface area contributed by atoms with Crippen LogP contribution in [-0.4, -0.2) is 47.3 Å². The third-order valence-electron chi connectivity index (χ3n) is 4.36. The number of hydrogen-bond acceptors (Lipinski definition) is 6. The van der Waals surface area contributed by atoms with E-state index in [1.165, 1.54) is 23.9 Å². The fraction of sp³-hybridized carbons (Fsp3) is 0.227. The van der Waals surface area contributed by atoms with Crippen LogP contribution in [0.2, 0.25) is 0 Å². The molecule has 2 aromatic carbocycles. The maximum atomic E-state index is 12.9. The van der Waals surface area contributed by atoms with Gasteiger partial charge >= 0.3 is 5.97 Å². The number of carboxylic acids is 1. The Morgan fingerprint density at radius 1 is 1.29 bits per heavy atom. The first-order valence-corrected chi connectivity index (χ1v) is 11.1. The van der Waals surface area contributed by atoms with Gasteiger partial charge in [0, 0.05) is 6.54 Å². The van der Waals surface area contributed by atoms with Gasteiger partial charge in [0.2, 0.25) is 0 Å². The molecule has 0 atom stereocenters. The number of benzene rings is 2. The molecule has 2 aromatic rings. The van der Waals surface area contributed by atoms with Crippen LogP contribution in [0.25, 0.3) is 6.08 Å². The van der Waals surface area contributed by atoms with Gasteiger partial charge in [0.15, 0.2) is 16.7 Å². The molecule has 0 bridgehead atoms. The number of carbonyl (C=O) groups excluding carboxylic acids is 1. The summed E-state index contributed by atoms with van der Waals surface area (Å²) in [4.78, 5) is 30.7. The summed E-state index contributed by atoms with van der Waals surface area (Å²) in [6, 6.07) is 9.97. The van der Waals surface area contributed by atoms with Gasteiger partial charge in [-0.15, -0.1) is 0 Å². The van der Waals surface area contributed by atoms with Crippen molar-refractivity contribution in [2.75, 3.05) is 20.3 Å². The number of aromatic carboxylic acids is 1. The SMILES string of the molecule is CCOc1c(Br)cc(/C=C2/SC(=Nc3cccc(C(=O)O)c3)N(CC)C2=O)cc1OC. The minimum absolute atomic E-state index is 0.140. The molecule has 3 rings (SSSR count). The first kappa shape index (κ1) is 22.9. The lowest BCUT2D eigenvalue weighted by Crippen LogP contribution is -2.28. The van der Waals surface area contributed by atoms with Gasteiger partial charge in [-0.05, 0) is 83.5 Å². The number of amides is 1. The average molecular weight is 505 g/mol. The van der Waals surface area contributed by atoms with Crippen molar-refractivity contribution in [3.05, 3.63) is 56.9 Å². The molecule has 9 heteroatoms. The molecule has 0 aromatic heterocycles. The van der Waals surface area contributed by atoms with Crippen molar-refractivity contribution in [2.24, 2.45) is 4.99 Å². The molecule has 1 aliphatic rings. The summed E-state index contributed by atoms with van der Waals surface area (Å²) < 4.78 is 11.8. The summed E-state index contributed by atoms with van der Waals surface area (Å²) in [6.07, 6.45) is 1.77. The molecule has 0 saturated carbocycles. The summed E-state index contributed by atoms with van der Waals surface area (Å²) >= 11 is 4.74. The molecule has 1 amide bonds. The van der Waals surface area contributed by atoms with Crippen molar-refractivity contribution < 1.29 is 24.2 Å². The number of methoxy groups -OCH3 is 1. The predicted molar refractivity (Wildman–Crippen MR) is 125 cm³/mol. The van der Waals surface area contributed by atoms with E-state index >= 15 is 0 Å². The molecule has 31 heavy (non-hydrogen) atoms. The van der Waals surface area contributed by atoms with E-state index in [1.54, 1.807) is 36.3 Å². The van der Waals surface area contributed by atoms with Gasteiger partial charge < -0.3 is 14.6 Å². The number of aliphatic imine (C=N–C) groups is 1. The first-order chi connectivity index (χ1) is 14.9. The van der Waals surface area contributed by atoms with Gasteiger partial charge in [-0.3, -0.25) is 9.69 Å². The molecule has 162 valence electrons. The molecule has 0 spiro atoms. The van der Waals surface area contributed by atoms with E-state index in [2.05, 4.69) is 20.9 Å². The zero-order valence-electron chi connectivity index (χ0n) is 17.2. The van der Waals surface area contributed by atoms with E-state index in [0.717, 1.165) is 10.0 Å². The smallest absolute Gasteiger partial charge is 0.335 e. The van der Waals surface area contributed by atoms with E-state index in [1.807, 2.05) is 19.9 Å². The fourth-order valence-corrected chi connectivity index (χ4v) is 4.58. The Bertz CT molecular complexity index is 1080. The Kier molecular flexibility index (Phi) is 7.40. The second-order valence-corrected chi connectivity index (χ2v) is 8.24. The number of hydrogen-bond donors (Lipinski definition) is 1. The van der Waals surface area contributed by atoms with Gasteiger partial charge in [-0.2, -0.15) is 0 Å². The molecule has 1 saturated heterocycles. The van der Waals surface area contributed by atoms with Crippen molar-refractivity contribution in [1.29, 1.82) is 0 Å². The number of nitrogens with zero attached hydrogens (tertiary/aromatic N) is 2. The van der Waals surface area contributed by atoms with Crippen LogP contribution < -0.4 is 9.47 Å². The lowest BCUT2D eigenvalue weighted by Gasteiger charge is -2.12. The van der Waals surface area contributed by atoms with Crippen LogP contribution in [0.15, 0.2) is 50.8 Å². The lowest BCUT2D eigenvalue weighted by atomic mass is 10.2. The van der Waals surface area contributed by atoms with Crippen LogP contribution in [0, 0.1) is 0 Å². The molecule has 0 radical (unpaired) electrons. The van der Waals surface area contributed by atoms with Gasteiger partial charge in [0.1, 0.15) is 0 Å². The standard InChI is InChI=1S/C22H21BrN2O5S/c1-4-25-20(26)18(11-13-9-16(23)19(30-5-2)17(10-13)29-3)31-22(25)24-15-8-6-7-14(12-15)21(27)28/h6-12H,4-5H2,1-3H3,(H,27,28)/b18-11+,24-22?. The summed E-state index contributed by atoms with van der Waals surface area (Å²) in [6.45, 7) is 4.69. The number of amidine groups is 1. The van der Waals surface area contributed by atoms with Crippen molar-refractivity contribution in [1.82, 2.24) is 4.90 Å². The molecular weight excluding hydrogens is 484 g/mol. The molecular formula is C22H21BrN2O5S. The molecule has 1 heterocycles. The van der Waals surface area contributed by atoms with Crippen molar-refractivity contribution in [2.45, 2.75) is 13.8 Å². The van der Waals surface area contributed by atoms with Gasteiger partial charge in [0.25, 0.3) is 5.91 Å². The highest BCUT2D eigenvalue weighted by Gasteiger charge is 2.32. The van der Waals surface area contributed by atoms with E-state index in [-0.39, 0.29) is 11.5 Å². The lowest BCUT2D eigenvalue weighted by molar-refractivity contribution is -0.122. The number of ether oxygens (including phenoxy) is 2. The summed E-state index contributed by atoms with van der Waals surface area (Å²) in [7, 11) is 1.56. The van der Waals surface area contributed by atoms with Crippen molar-refractivity contribution >= 4 is 56.5 Å². The largest absolute Gasteiger partial charge is 0.493 e. The minimum Gasteiger partial charge on any atom is -0.493 e. The highest BCUT2D eigenvalue weighted by Crippen LogP contribution is 2.39. The second-order valence-electron chi connectivity index (χ2n) is 6.38. The van der Waals surface area contributed by atoms with E-state index < -0.39 is 5.97 Å². The average Bonchev–Trinajstić information content (AvgIpc) is 3.03. The zero-order valence-corrected chi connectivity index (χ0v) is 19.6. The number of halogens is 1. The van der Waals surface area contributed by atoms with Gasteiger partial charge in [-0.1, -0.05) is 6.07 Å². The van der Waals surface area contributed by atoms with Crippen LogP contribution in [0.3, 0.4) is 0 Å². The Labute approximate surface area is 192 Å². The topological polar surface area (TPSA) is 88.4 Å². The maximum Gasteiger partial charge on any atom is 0.335 e. The van der Waals surface area contributed by atoms with E-state index in [4.69, 9.17) is 9.47 Å². The van der Waals surface area contributed by atoms with Crippen LogP contribution in [0.5, 0.6) is 11.5 Å². The third kappa shape index (κ3) is 5.11. The van der Waals surface area contributed by atoms with Crippen LogP contribution in [0.4, 0.5) is 5.69 Å². The fourth-order valence-electron chi connectivity index (χ4n) is 2.95. The third-order valence-corrected chi connectivity index (χ3v) is 5.96. The molecule has 0 unspecified atom stereocenters. The van der Waals surface area contributed by atoms with Gasteiger partial charge in [0.05, 0.1) is 34.3 Å². The number of rotatable bonds is 7. The first-order valence-electron chi connectivity index (χ1n) is 9.51. The second kappa shape index (κ2) is 10.0. The Hall–Kier alpha value is -2.78. The number of thioether (sulfide) groups is 1. The molecule has 1 fully saturated rings. The molecule has 1 N–H and O–H groups in total. The van der Waals surface area contributed by atoms with E-state index in [9.17, 15) is 14.7 Å². The molecule has 1 aliphatic heterocycles. The number of likely N-dealkylation sites (N-methyl/N-ethyl adjacent to an activating group) is 1. The normalized spacial score (nSPS) is 16.3. The Morgan fingerprint density at radius 2 is 2.06 bits per heavy atom. The van der Waals surface area contributed by atoms with Crippen LogP contribution >= 0.6 is 27.7 Å². The van der Waals surface area contributed by atoms with Crippen LogP contribution in [0.1, 0.15) is 29.8 Å². The Balaban J connectivity index is 1.96. The summed E-state index contributed by atoms with van der Waals surface area (Å²) in [5.41, 5.74) is 1.38. The Morgan fingerprint density at radius 3 is 2.71 bits per heavy atom. The van der Waals surface area contributed by atoms with Crippen molar-refractivity contribution in [3.63, 3.8) is 0 Å². The maximum absolute atomic E-state index is 12.9.